The second-order valence-electron chi connectivity index (χ2n) is 11.8. The molecule has 4 rings (SSSR count). The summed E-state index contributed by atoms with van der Waals surface area (Å²) >= 11 is 7.73. The number of benzene rings is 1. The number of allylic oxidation sites excluding steroid dienone is 1. The molecule has 40 heavy (non-hydrogen) atoms. The van der Waals surface area contributed by atoms with Crippen molar-refractivity contribution < 1.29 is 24.2 Å². The molecule has 1 N–H and O–H groups in total. The summed E-state index contributed by atoms with van der Waals surface area (Å²) in [5, 5.41) is 11.1. The van der Waals surface area contributed by atoms with Crippen LogP contribution < -0.4 is 4.90 Å². The van der Waals surface area contributed by atoms with E-state index in [1.807, 2.05) is 20.8 Å². The number of nitrogens with zero attached hydrogens (tertiary/aromatic N) is 2. The zero-order chi connectivity index (χ0) is 29.2. The first kappa shape index (κ1) is 30.7. The summed E-state index contributed by atoms with van der Waals surface area (Å²) in [6.45, 7) is 13.9. The van der Waals surface area contributed by atoms with Gasteiger partial charge in [0.25, 0.3) is 5.91 Å². The molecule has 6 atom stereocenters. The van der Waals surface area contributed by atoms with Crippen molar-refractivity contribution in [3.63, 3.8) is 0 Å². The lowest BCUT2D eigenvalue weighted by Gasteiger charge is -2.40. The van der Waals surface area contributed by atoms with E-state index in [-0.39, 0.29) is 43.5 Å². The van der Waals surface area contributed by atoms with Gasteiger partial charge in [-0.15, -0.1) is 24.9 Å². The van der Waals surface area contributed by atoms with E-state index >= 15 is 0 Å². The number of halogens is 1. The van der Waals surface area contributed by atoms with Crippen LogP contribution >= 0.6 is 23.4 Å². The molecule has 1 aromatic rings. The molecule has 2 unspecified atom stereocenters. The number of anilines is 1. The van der Waals surface area contributed by atoms with E-state index in [4.69, 9.17) is 16.3 Å². The predicted octanol–water partition coefficient (Wildman–Crippen LogP) is 5.26. The van der Waals surface area contributed by atoms with Gasteiger partial charge in [0, 0.05) is 22.0 Å². The Labute approximate surface area is 246 Å². The molecular weight excluding hydrogens is 548 g/mol. The summed E-state index contributed by atoms with van der Waals surface area (Å²) in [5.41, 5.74) is 0.646. The number of fused-ring (bicyclic) bond motifs is 1. The van der Waals surface area contributed by atoms with Gasteiger partial charge in [-0.25, -0.2) is 0 Å². The normalized spacial score (nSPS) is 29.4. The molecule has 0 aliphatic carbocycles. The van der Waals surface area contributed by atoms with Gasteiger partial charge in [0.15, 0.2) is 0 Å². The number of aliphatic hydroxyl groups is 1. The van der Waals surface area contributed by atoms with Gasteiger partial charge >= 0.3 is 5.97 Å². The number of carbonyl (C=O) groups excluding carboxylic acids is 3. The lowest BCUT2D eigenvalue weighted by Crippen LogP contribution is -2.57. The molecule has 7 nitrogen and oxygen atoms in total. The van der Waals surface area contributed by atoms with Crippen LogP contribution in [0, 0.1) is 17.8 Å². The van der Waals surface area contributed by atoms with Crippen molar-refractivity contribution in [2.75, 3.05) is 24.7 Å². The quantitative estimate of drug-likeness (QED) is 0.192. The van der Waals surface area contributed by atoms with Gasteiger partial charge in [-0.3, -0.25) is 14.4 Å². The number of ether oxygens (including phenoxy) is 1. The topological polar surface area (TPSA) is 87.1 Å². The van der Waals surface area contributed by atoms with Crippen molar-refractivity contribution in [2.45, 2.75) is 74.5 Å². The summed E-state index contributed by atoms with van der Waals surface area (Å²) in [4.78, 5) is 45.9. The monoisotopic (exact) mass is 588 g/mol. The van der Waals surface area contributed by atoms with E-state index in [2.05, 4.69) is 13.2 Å². The molecule has 3 aliphatic heterocycles. The molecule has 3 heterocycles. The van der Waals surface area contributed by atoms with E-state index in [0.29, 0.717) is 36.4 Å². The van der Waals surface area contributed by atoms with Gasteiger partial charge < -0.3 is 19.6 Å². The number of hydrogen-bond donors (Lipinski definition) is 1. The van der Waals surface area contributed by atoms with Crippen LogP contribution in [-0.4, -0.2) is 69.1 Å². The molecule has 3 fully saturated rings. The fourth-order valence-corrected chi connectivity index (χ4v) is 9.38. The highest BCUT2D eigenvalue weighted by atomic mass is 35.5. The van der Waals surface area contributed by atoms with E-state index in [1.54, 1.807) is 58.0 Å². The van der Waals surface area contributed by atoms with Gasteiger partial charge in [0.2, 0.25) is 5.91 Å². The third-order valence-electron chi connectivity index (χ3n) is 8.56. The maximum Gasteiger partial charge on any atom is 0.311 e. The summed E-state index contributed by atoms with van der Waals surface area (Å²) in [6.07, 6.45) is 6.70. The van der Waals surface area contributed by atoms with Crippen molar-refractivity contribution >= 4 is 46.8 Å². The highest BCUT2D eigenvalue weighted by Gasteiger charge is 2.78. The second kappa shape index (κ2) is 12.3. The van der Waals surface area contributed by atoms with Crippen LogP contribution in [0.3, 0.4) is 0 Å². The van der Waals surface area contributed by atoms with Crippen LogP contribution in [0.5, 0.6) is 0 Å². The largest absolute Gasteiger partial charge is 0.465 e. The Bertz CT molecular complexity index is 1140. The predicted molar refractivity (Wildman–Crippen MR) is 160 cm³/mol. The van der Waals surface area contributed by atoms with Crippen LogP contribution in [-0.2, 0) is 19.1 Å². The van der Waals surface area contributed by atoms with Gasteiger partial charge in [-0.2, -0.15) is 0 Å². The number of rotatable bonds is 13. The fourth-order valence-electron chi connectivity index (χ4n) is 6.92. The maximum absolute atomic E-state index is 14.7. The maximum atomic E-state index is 14.7. The molecule has 0 aromatic heterocycles. The molecular formula is C31H41ClN2O5S. The van der Waals surface area contributed by atoms with Crippen molar-refractivity contribution in [2.24, 2.45) is 17.8 Å². The fraction of sp³-hybridized carbons (Fsp3) is 0.581. The van der Waals surface area contributed by atoms with E-state index < -0.39 is 33.4 Å². The number of hydrogen-bond acceptors (Lipinski definition) is 6. The van der Waals surface area contributed by atoms with Crippen LogP contribution in [0.1, 0.15) is 52.9 Å². The SMILES string of the molecule is C=CCCCOC(=O)[C@@H]1[C@H]2C(=O)N([C@@H](CO)CC(C)C)C(C(=O)N(CC=C)c3ccc(Cl)cc3)C23CC[C@@]1(C)S3. The standard InChI is InChI=1S/C31H41ClN2O5S/c1-6-8-9-17-39-29(38)25-24-27(36)34(23(19-35)18-20(3)4)26(31(24)15-14-30(25,5)40-31)28(37)33(16-7-2)22-12-10-21(32)11-13-22/h6-7,10-13,20,23-26,35H,1-2,8-9,14-19H2,3-5H3/t23-,24+,25+,26?,30-,31?/m1/s1. The van der Waals surface area contributed by atoms with E-state index in [0.717, 1.165) is 6.42 Å². The highest BCUT2D eigenvalue weighted by Crippen LogP contribution is 2.72. The minimum Gasteiger partial charge on any atom is -0.465 e. The molecule has 2 bridgehead atoms. The van der Waals surface area contributed by atoms with Crippen LogP contribution in [0.2, 0.25) is 5.02 Å². The lowest BCUT2D eigenvalue weighted by atomic mass is 9.66. The van der Waals surface area contributed by atoms with Gasteiger partial charge in [-0.05, 0) is 69.2 Å². The molecule has 0 saturated carbocycles. The third kappa shape index (κ3) is 5.35. The van der Waals surface area contributed by atoms with Gasteiger partial charge in [0.05, 0.1) is 35.8 Å². The summed E-state index contributed by atoms with van der Waals surface area (Å²) in [7, 11) is 0. The average molecular weight is 589 g/mol. The minimum atomic E-state index is -0.845. The summed E-state index contributed by atoms with van der Waals surface area (Å²) < 4.78 is 4.39. The zero-order valence-electron chi connectivity index (χ0n) is 23.7. The molecule has 3 aliphatic rings. The number of unbranched alkanes of at least 4 members (excludes halogenated alkanes) is 1. The first-order valence-corrected chi connectivity index (χ1v) is 15.3. The molecule has 1 spiro atoms. The number of esters is 1. The Morgan fingerprint density at radius 1 is 1.25 bits per heavy atom. The smallest absolute Gasteiger partial charge is 0.311 e. The molecule has 9 heteroatoms. The number of carbonyl (C=O) groups is 3. The first-order valence-electron chi connectivity index (χ1n) is 14.1. The first-order chi connectivity index (χ1) is 19.0. The number of aliphatic hydroxyl groups excluding tert-OH is 1. The van der Waals surface area contributed by atoms with E-state index in [9.17, 15) is 19.5 Å². The number of thioether (sulfide) groups is 1. The Kier molecular flexibility index (Phi) is 9.42. The van der Waals surface area contributed by atoms with Crippen LogP contribution in [0.25, 0.3) is 0 Å². The summed E-state index contributed by atoms with van der Waals surface area (Å²) in [5.74, 6) is -2.03. The summed E-state index contributed by atoms with van der Waals surface area (Å²) in [6, 6.07) is 5.62. The Morgan fingerprint density at radius 3 is 2.55 bits per heavy atom. The van der Waals surface area contributed by atoms with Crippen molar-refractivity contribution in [3.8, 4) is 0 Å². The van der Waals surface area contributed by atoms with Gasteiger partial charge in [-0.1, -0.05) is 37.6 Å². The molecule has 1 aromatic carbocycles. The zero-order valence-corrected chi connectivity index (χ0v) is 25.3. The highest BCUT2D eigenvalue weighted by molar-refractivity contribution is 8.02. The van der Waals surface area contributed by atoms with Gasteiger partial charge in [0.1, 0.15) is 6.04 Å². The van der Waals surface area contributed by atoms with Crippen LogP contribution in [0.15, 0.2) is 49.6 Å². The minimum absolute atomic E-state index is 0.186. The van der Waals surface area contributed by atoms with E-state index in [1.165, 1.54) is 0 Å². The number of amides is 2. The molecule has 0 radical (unpaired) electrons. The third-order valence-corrected chi connectivity index (χ3v) is 10.8. The Balaban J connectivity index is 1.79. The van der Waals surface area contributed by atoms with Crippen molar-refractivity contribution in [3.05, 3.63) is 54.6 Å². The lowest BCUT2D eigenvalue weighted by molar-refractivity contribution is -0.156. The van der Waals surface area contributed by atoms with Crippen molar-refractivity contribution in [1.82, 2.24) is 4.90 Å². The molecule has 218 valence electrons. The second-order valence-corrected chi connectivity index (χ2v) is 14.1. The van der Waals surface area contributed by atoms with Crippen LogP contribution in [0.4, 0.5) is 5.69 Å². The molecule has 2 amide bonds. The number of likely N-dealkylation sites (tertiary alicyclic amines) is 1. The Morgan fingerprint density at radius 2 is 1.95 bits per heavy atom. The average Bonchev–Trinajstić information content (AvgIpc) is 3.49. The van der Waals surface area contributed by atoms with Crippen molar-refractivity contribution in [1.29, 1.82) is 0 Å². The Hall–Kier alpha value is -2.29. The molecule has 3 saturated heterocycles.